The maximum Gasteiger partial charge on any atom is 0.257 e. The van der Waals surface area contributed by atoms with Crippen LogP contribution in [-0.4, -0.2) is 23.5 Å². The van der Waals surface area contributed by atoms with E-state index in [0.717, 1.165) is 23.7 Å². The molecule has 1 aromatic heterocycles. The number of ether oxygens (including phenoxy) is 1. The summed E-state index contributed by atoms with van der Waals surface area (Å²) in [5.74, 6) is 1.10. The van der Waals surface area contributed by atoms with E-state index in [1.54, 1.807) is 18.3 Å². The average molecular weight is 463 g/mol. The molecule has 0 bridgehead atoms. The van der Waals surface area contributed by atoms with Gasteiger partial charge in [-0.3, -0.25) is 4.79 Å². The van der Waals surface area contributed by atoms with Crippen LogP contribution in [-0.2, 0) is 0 Å². The molecule has 26 heavy (non-hydrogen) atoms. The van der Waals surface area contributed by atoms with Crippen LogP contribution in [0.3, 0.4) is 0 Å². The number of rotatable bonds is 5. The van der Waals surface area contributed by atoms with E-state index in [1.165, 1.54) is 0 Å². The zero-order chi connectivity index (χ0) is 16.9. The molecule has 1 aromatic carbocycles. The minimum Gasteiger partial charge on any atom is -0.438 e. The number of amides is 1. The summed E-state index contributed by atoms with van der Waals surface area (Å²) < 4.78 is 6.70. The molecule has 2 atom stereocenters. The zero-order valence-corrected chi connectivity index (χ0v) is 17.3. The molecule has 5 nitrogen and oxygen atoms in total. The van der Waals surface area contributed by atoms with Gasteiger partial charge in [0.2, 0.25) is 5.88 Å². The van der Waals surface area contributed by atoms with Gasteiger partial charge in [-0.05, 0) is 55.6 Å². The lowest BCUT2D eigenvalue weighted by Gasteiger charge is -2.20. The fraction of sp³-hybridized carbons (Fsp3) is 0.333. The minimum absolute atomic E-state index is 0. The molecule has 1 amide bonds. The largest absolute Gasteiger partial charge is 0.438 e. The monoisotopic (exact) mass is 461 g/mol. The minimum atomic E-state index is -0.168. The topological polar surface area (TPSA) is 77.2 Å². The summed E-state index contributed by atoms with van der Waals surface area (Å²) in [6, 6.07) is 11.0. The van der Waals surface area contributed by atoms with Crippen molar-refractivity contribution in [3.05, 3.63) is 52.6 Å². The Hall–Kier alpha value is -1.34. The molecular weight excluding hydrogens is 441 g/mol. The molecular formula is C18H22BrCl2N3O2. The molecule has 1 aliphatic carbocycles. The van der Waals surface area contributed by atoms with E-state index in [0.29, 0.717) is 29.7 Å². The molecule has 2 aromatic rings. The fourth-order valence-corrected chi connectivity index (χ4v) is 3.42. The van der Waals surface area contributed by atoms with Gasteiger partial charge in [-0.25, -0.2) is 4.98 Å². The number of carbonyl (C=O) groups is 1. The predicted octanol–water partition coefficient (Wildman–Crippen LogP) is 4.34. The second kappa shape index (κ2) is 10.7. The number of benzene rings is 1. The summed E-state index contributed by atoms with van der Waals surface area (Å²) in [5.41, 5.74) is 6.22. The highest BCUT2D eigenvalue weighted by atomic mass is 79.9. The number of nitrogens with two attached hydrogens (primary N) is 1. The number of halogens is 3. The molecule has 1 aliphatic rings. The first-order chi connectivity index (χ1) is 11.7. The summed E-state index contributed by atoms with van der Waals surface area (Å²) in [7, 11) is 0. The summed E-state index contributed by atoms with van der Waals surface area (Å²) in [4.78, 5) is 16.9. The third-order valence-corrected chi connectivity index (χ3v) is 4.80. The van der Waals surface area contributed by atoms with E-state index < -0.39 is 0 Å². The lowest BCUT2D eigenvalue weighted by molar-refractivity contribution is 0.0926. The highest BCUT2D eigenvalue weighted by Crippen LogP contribution is 2.27. The second-order valence-electron chi connectivity index (χ2n) is 5.92. The standard InChI is InChI=1S/C18H20BrN3O2.2ClH/c19-13-5-2-6-14(10-13)24-18-15(7-3-9-21-18)17(23)22-16-8-1-4-12(16)11-20;;/h2-3,5-7,9-10,12,16H,1,4,8,11,20H2,(H,22,23);2*1H. The molecule has 0 aliphatic heterocycles. The predicted molar refractivity (Wildman–Crippen MR) is 111 cm³/mol. The summed E-state index contributed by atoms with van der Waals surface area (Å²) in [5, 5.41) is 3.09. The molecule has 8 heteroatoms. The Bertz CT molecular complexity index is 733. The van der Waals surface area contributed by atoms with Gasteiger partial charge in [0.25, 0.3) is 5.91 Å². The van der Waals surface area contributed by atoms with Crippen LogP contribution in [0.15, 0.2) is 47.1 Å². The molecule has 2 unspecified atom stereocenters. The van der Waals surface area contributed by atoms with Crippen molar-refractivity contribution in [2.45, 2.75) is 25.3 Å². The molecule has 0 radical (unpaired) electrons. The van der Waals surface area contributed by atoms with Crippen molar-refractivity contribution in [2.75, 3.05) is 6.54 Å². The van der Waals surface area contributed by atoms with Gasteiger partial charge in [-0.2, -0.15) is 0 Å². The van der Waals surface area contributed by atoms with Crippen LogP contribution in [0.1, 0.15) is 29.6 Å². The third kappa shape index (κ3) is 5.58. The number of nitrogens with one attached hydrogen (secondary N) is 1. The Labute approximate surface area is 174 Å². The van der Waals surface area contributed by atoms with Crippen molar-refractivity contribution in [1.82, 2.24) is 10.3 Å². The number of hydrogen-bond acceptors (Lipinski definition) is 4. The number of nitrogens with zero attached hydrogens (tertiary/aromatic N) is 1. The number of carbonyl (C=O) groups excluding carboxylic acids is 1. The van der Waals surface area contributed by atoms with Crippen molar-refractivity contribution in [1.29, 1.82) is 0 Å². The average Bonchev–Trinajstić information content (AvgIpc) is 3.02. The Morgan fingerprint density at radius 2 is 2.08 bits per heavy atom. The third-order valence-electron chi connectivity index (χ3n) is 4.30. The Morgan fingerprint density at radius 1 is 1.27 bits per heavy atom. The summed E-state index contributed by atoms with van der Waals surface area (Å²) >= 11 is 3.40. The van der Waals surface area contributed by atoms with E-state index in [2.05, 4.69) is 26.2 Å². The van der Waals surface area contributed by atoms with Crippen LogP contribution in [0.5, 0.6) is 11.6 Å². The number of hydrogen-bond donors (Lipinski definition) is 2. The Kier molecular flexibility index (Phi) is 9.36. The van der Waals surface area contributed by atoms with Crippen molar-refractivity contribution < 1.29 is 9.53 Å². The van der Waals surface area contributed by atoms with Crippen LogP contribution in [0.2, 0.25) is 0 Å². The summed E-state index contributed by atoms with van der Waals surface area (Å²) in [6.07, 6.45) is 4.75. The Morgan fingerprint density at radius 3 is 2.81 bits per heavy atom. The van der Waals surface area contributed by atoms with E-state index in [9.17, 15) is 4.79 Å². The quantitative estimate of drug-likeness (QED) is 0.692. The van der Waals surface area contributed by atoms with Gasteiger partial charge in [0.1, 0.15) is 11.3 Å². The van der Waals surface area contributed by atoms with Crippen molar-refractivity contribution in [3.63, 3.8) is 0 Å². The molecule has 0 spiro atoms. The van der Waals surface area contributed by atoms with Crippen molar-refractivity contribution in [3.8, 4) is 11.6 Å². The van der Waals surface area contributed by atoms with E-state index in [1.807, 2.05) is 24.3 Å². The molecule has 3 N–H and O–H groups in total. The first-order valence-electron chi connectivity index (χ1n) is 8.06. The maximum absolute atomic E-state index is 12.7. The van der Waals surface area contributed by atoms with Gasteiger partial charge in [0.05, 0.1) is 0 Å². The van der Waals surface area contributed by atoms with Gasteiger partial charge in [0, 0.05) is 16.7 Å². The van der Waals surface area contributed by atoms with Crippen LogP contribution in [0.25, 0.3) is 0 Å². The molecule has 142 valence electrons. The van der Waals surface area contributed by atoms with Gasteiger partial charge < -0.3 is 15.8 Å². The first-order valence-corrected chi connectivity index (χ1v) is 8.86. The highest BCUT2D eigenvalue weighted by molar-refractivity contribution is 9.10. The molecule has 0 saturated heterocycles. The maximum atomic E-state index is 12.7. The van der Waals surface area contributed by atoms with E-state index in [4.69, 9.17) is 10.5 Å². The van der Waals surface area contributed by atoms with Crippen LogP contribution in [0, 0.1) is 5.92 Å². The van der Waals surface area contributed by atoms with Crippen LogP contribution in [0.4, 0.5) is 0 Å². The van der Waals surface area contributed by atoms with E-state index in [-0.39, 0.29) is 36.8 Å². The van der Waals surface area contributed by atoms with Crippen molar-refractivity contribution >= 4 is 46.7 Å². The molecule has 1 fully saturated rings. The van der Waals surface area contributed by atoms with Crippen LogP contribution >= 0.6 is 40.7 Å². The summed E-state index contributed by atoms with van der Waals surface area (Å²) in [6.45, 7) is 0.597. The molecule has 1 saturated carbocycles. The van der Waals surface area contributed by atoms with E-state index >= 15 is 0 Å². The SMILES string of the molecule is Cl.Cl.NCC1CCCC1NC(=O)c1cccnc1Oc1cccc(Br)c1. The Balaban J connectivity index is 0.00000169. The van der Waals surface area contributed by atoms with Gasteiger partial charge in [0.15, 0.2) is 0 Å². The van der Waals surface area contributed by atoms with Crippen LogP contribution < -0.4 is 15.8 Å². The van der Waals surface area contributed by atoms with Crippen molar-refractivity contribution in [2.24, 2.45) is 11.7 Å². The van der Waals surface area contributed by atoms with Gasteiger partial charge in [-0.1, -0.05) is 28.4 Å². The number of pyridine rings is 1. The normalized spacial score (nSPS) is 18.4. The molecule has 1 heterocycles. The van der Waals surface area contributed by atoms with Gasteiger partial charge >= 0.3 is 0 Å². The fourth-order valence-electron chi connectivity index (χ4n) is 3.04. The first kappa shape index (κ1) is 22.7. The molecule has 3 rings (SSSR count). The lowest BCUT2D eigenvalue weighted by Crippen LogP contribution is -2.40. The van der Waals surface area contributed by atoms with Gasteiger partial charge in [-0.15, -0.1) is 24.8 Å². The highest BCUT2D eigenvalue weighted by Gasteiger charge is 2.28. The smallest absolute Gasteiger partial charge is 0.257 e. The number of aromatic nitrogens is 1. The zero-order valence-electron chi connectivity index (χ0n) is 14.1. The second-order valence-corrected chi connectivity index (χ2v) is 6.84. The lowest BCUT2D eigenvalue weighted by atomic mass is 10.0.